The number of halogens is 12. The predicted molar refractivity (Wildman–Crippen MR) is 47.7 cm³/mol. The maximum Gasteiger partial charge on any atom is 0.527 e. The van der Waals surface area contributed by atoms with Crippen molar-refractivity contribution >= 4 is 0 Å². The first-order valence-corrected chi connectivity index (χ1v) is 5.38. The number of hydrogen-bond donors (Lipinski definition) is 0. The van der Waals surface area contributed by atoms with Gasteiger partial charge >= 0.3 is 30.4 Å². The summed E-state index contributed by atoms with van der Waals surface area (Å²) in [7, 11) is 0. The van der Waals surface area contributed by atoms with Crippen LogP contribution in [0, 0.1) is 5.92 Å². The van der Waals surface area contributed by atoms with Gasteiger partial charge in [-0.05, 0) is 0 Å². The van der Waals surface area contributed by atoms with Crippen LogP contribution >= 0.6 is 0 Å². The van der Waals surface area contributed by atoms with Gasteiger partial charge in [0.1, 0.15) is 0 Å². The van der Waals surface area contributed by atoms with Crippen LogP contribution in [0.3, 0.4) is 0 Å². The van der Waals surface area contributed by atoms with Gasteiger partial charge in [0, 0.05) is 5.92 Å². The maximum absolute atomic E-state index is 12.9. The van der Waals surface area contributed by atoms with Gasteiger partial charge in [-0.15, -0.1) is 13.2 Å². The van der Waals surface area contributed by atoms with Gasteiger partial charge < -0.3 is 0 Å². The minimum atomic E-state index is -7.12. The second-order valence-corrected chi connectivity index (χ2v) is 4.42. The molecule has 0 aromatic carbocycles. The maximum atomic E-state index is 12.9. The van der Waals surface area contributed by atoms with Crippen LogP contribution < -0.4 is 0 Å². The molecular formula is C9H8F12O2. The van der Waals surface area contributed by atoms with Gasteiger partial charge in [0.2, 0.25) is 0 Å². The van der Waals surface area contributed by atoms with Crippen molar-refractivity contribution in [1.29, 1.82) is 0 Å². The third-order valence-corrected chi connectivity index (χ3v) is 2.30. The summed E-state index contributed by atoms with van der Waals surface area (Å²) in [5, 5.41) is 0. The zero-order valence-electron chi connectivity index (χ0n) is 11.0. The molecule has 0 aliphatic carbocycles. The lowest BCUT2D eigenvalue weighted by Crippen LogP contribution is -2.59. The third-order valence-electron chi connectivity index (χ3n) is 2.30. The first-order chi connectivity index (χ1) is 9.78. The molecule has 0 rings (SSSR count). The van der Waals surface area contributed by atoms with Crippen molar-refractivity contribution in [3.8, 4) is 0 Å². The minimum Gasteiger partial charge on any atom is -0.274 e. The highest BCUT2D eigenvalue weighted by Crippen LogP contribution is 2.50. The van der Waals surface area contributed by atoms with Crippen molar-refractivity contribution < 1.29 is 62.2 Å². The van der Waals surface area contributed by atoms with Gasteiger partial charge in [-0.3, -0.25) is 4.74 Å². The van der Waals surface area contributed by atoms with Crippen molar-refractivity contribution in [1.82, 2.24) is 0 Å². The molecule has 0 spiro atoms. The second-order valence-electron chi connectivity index (χ2n) is 4.42. The quantitative estimate of drug-likeness (QED) is 0.586. The van der Waals surface area contributed by atoms with E-state index in [0.717, 1.165) is 0 Å². The van der Waals surface area contributed by atoms with E-state index in [1.54, 1.807) is 0 Å². The van der Waals surface area contributed by atoms with Crippen LogP contribution in [0.15, 0.2) is 0 Å². The molecule has 2 nitrogen and oxygen atoms in total. The van der Waals surface area contributed by atoms with E-state index >= 15 is 0 Å². The lowest BCUT2D eigenvalue weighted by molar-refractivity contribution is -0.515. The van der Waals surface area contributed by atoms with Crippen LogP contribution in [0.25, 0.3) is 0 Å². The largest absolute Gasteiger partial charge is 0.527 e. The zero-order valence-corrected chi connectivity index (χ0v) is 11.0. The summed E-state index contributed by atoms with van der Waals surface area (Å²) in [6.45, 7) is 1.10. The molecule has 0 heterocycles. The monoisotopic (exact) mass is 376 g/mol. The van der Waals surface area contributed by atoms with Crippen LogP contribution in [-0.4, -0.2) is 36.8 Å². The number of hydrogen-bond acceptors (Lipinski definition) is 2. The molecule has 0 amide bonds. The smallest absolute Gasteiger partial charge is 0.274 e. The van der Waals surface area contributed by atoms with Gasteiger partial charge in [-0.25, -0.2) is 17.9 Å². The summed E-state index contributed by atoms with van der Waals surface area (Å²) < 4.78 is 154. The van der Waals surface area contributed by atoms with E-state index in [0.29, 0.717) is 13.8 Å². The van der Waals surface area contributed by atoms with E-state index in [1.807, 2.05) is 0 Å². The summed E-state index contributed by atoms with van der Waals surface area (Å²) >= 11 is 0. The molecule has 0 aliphatic heterocycles. The van der Waals surface area contributed by atoms with Gasteiger partial charge in [0.05, 0.1) is 0 Å². The summed E-state index contributed by atoms with van der Waals surface area (Å²) in [6, 6.07) is 0. The Morgan fingerprint density at radius 3 is 1.39 bits per heavy atom. The van der Waals surface area contributed by atoms with Crippen molar-refractivity contribution in [2.45, 2.75) is 50.6 Å². The van der Waals surface area contributed by atoms with Crippen LogP contribution in [0.1, 0.15) is 13.8 Å². The number of ether oxygens (including phenoxy) is 2. The molecule has 0 N–H and O–H groups in total. The standard InChI is InChI=1S/C9H8F12O2/c1-3(2)5(11,12)4(10)22-7(15,16)6(13,14)8(17,18)23-9(19,20)21/h3-4H,1-2H3. The van der Waals surface area contributed by atoms with Gasteiger partial charge in [-0.2, -0.15) is 26.3 Å². The molecular weight excluding hydrogens is 368 g/mol. The Morgan fingerprint density at radius 1 is 0.696 bits per heavy atom. The molecule has 14 heteroatoms. The first-order valence-electron chi connectivity index (χ1n) is 5.38. The lowest BCUT2D eigenvalue weighted by atomic mass is 10.1. The highest BCUT2D eigenvalue weighted by molar-refractivity contribution is 4.88. The summed E-state index contributed by atoms with van der Waals surface area (Å²) in [5.74, 6) is -14.0. The predicted octanol–water partition coefficient (Wildman–Crippen LogP) is 4.95. The van der Waals surface area contributed by atoms with Crippen LogP contribution in [0.4, 0.5) is 52.7 Å². The lowest BCUT2D eigenvalue weighted by Gasteiger charge is -2.34. The Morgan fingerprint density at radius 2 is 1.09 bits per heavy atom. The SMILES string of the molecule is CC(C)C(F)(F)C(F)OC(F)(F)C(F)(F)C(F)(F)OC(F)(F)F. The topological polar surface area (TPSA) is 18.5 Å². The van der Waals surface area contributed by atoms with Gasteiger partial charge in [0.15, 0.2) is 0 Å². The minimum absolute atomic E-state index is 0.549. The van der Waals surface area contributed by atoms with Crippen molar-refractivity contribution in [2.24, 2.45) is 5.92 Å². The van der Waals surface area contributed by atoms with Gasteiger partial charge in [-0.1, -0.05) is 13.8 Å². The molecule has 0 saturated carbocycles. The van der Waals surface area contributed by atoms with E-state index in [9.17, 15) is 52.7 Å². The highest BCUT2D eigenvalue weighted by Gasteiger charge is 2.77. The fraction of sp³-hybridized carbons (Fsp3) is 1.00. The molecule has 0 radical (unpaired) electrons. The third kappa shape index (κ3) is 4.78. The fourth-order valence-electron chi connectivity index (χ4n) is 0.923. The molecule has 1 unspecified atom stereocenters. The van der Waals surface area contributed by atoms with Gasteiger partial charge in [0.25, 0.3) is 6.36 Å². The Labute approximate surface area is 120 Å². The molecule has 140 valence electrons. The summed E-state index contributed by atoms with van der Waals surface area (Å²) in [5.41, 5.74) is 0. The molecule has 0 aromatic rings. The van der Waals surface area contributed by atoms with Crippen LogP contribution in [0.5, 0.6) is 0 Å². The Hall–Kier alpha value is -0.920. The van der Waals surface area contributed by atoms with E-state index in [2.05, 4.69) is 4.74 Å². The molecule has 1 atom stereocenters. The summed E-state index contributed by atoms with van der Waals surface area (Å²) in [6.07, 6.45) is -24.7. The Balaban J connectivity index is 5.47. The Bertz CT molecular complexity index is 402. The van der Waals surface area contributed by atoms with Crippen LogP contribution in [-0.2, 0) is 9.47 Å². The zero-order chi connectivity index (χ0) is 19.1. The van der Waals surface area contributed by atoms with Crippen molar-refractivity contribution in [3.63, 3.8) is 0 Å². The van der Waals surface area contributed by atoms with Crippen molar-refractivity contribution in [3.05, 3.63) is 0 Å². The first kappa shape index (κ1) is 22.1. The average molecular weight is 376 g/mol. The number of rotatable bonds is 7. The molecule has 0 saturated heterocycles. The normalized spacial score (nSPS) is 16.8. The van der Waals surface area contributed by atoms with E-state index in [-0.39, 0.29) is 0 Å². The molecule has 0 aromatic heterocycles. The van der Waals surface area contributed by atoms with E-state index in [4.69, 9.17) is 0 Å². The second kappa shape index (κ2) is 6.18. The molecule has 0 bridgehead atoms. The van der Waals surface area contributed by atoms with Crippen molar-refractivity contribution in [2.75, 3.05) is 0 Å². The number of alkyl halides is 12. The summed E-state index contributed by atoms with van der Waals surface area (Å²) in [4.78, 5) is 0. The Kier molecular flexibility index (Phi) is 5.93. The van der Waals surface area contributed by atoms with Crippen LogP contribution in [0.2, 0.25) is 0 Å². The molecule has 23 heavy (non-hydrogen) atoms. The highest BCUT2D eigenvalue weighted by atomic mass is 19.4. The van der Waals surface area contributed by atoms with E-state index in [1.165, 1.54) is 4.74 Å². The molecule has 0 aliphatic rings. The average Bonchev–Trinajstić information content (AvgIpc) is 2.23. The fourth-order valence-corrected chi connectivity index (χ4v) is 0.923. The molecule has 0 fully saturated rings. The van der Waals surface area contributed by atoms with E-state index < -0.39 is 42.7 Å².